The Morgan fingerprint density at radius 1 is 1.20 bits per heavy atom. The first-order valence-electron chi connectivity index (χ1n) is 7.81. The number of allylic oxidation sites excluding steroid dienone is 1. The summed E-state index contributed by atoms with van der Waals surface area (Å²) in [6, 6.07) is 4.79. The van der Waals surface area contributed by atoms with Gasteiger partial charge in [0.2, 0.25) is 0 Å². The Hall–Kier alpha value is -1.12. The molecule has 1 atom stereocenters. The Balaban J connectivity index is 2.00. The Morgan fingerprint density at radius 2 is 1.90 bits per heavy atom. The van der Waals surface area contributed by atoms with Crippen LogP contribution in [0, 0.1) is 20.8 Å². The van der Waals surface area contributed by atoms with Gasteiger partial charge in [0.15, 0.2) is 0 Å². The van der Waals surface area contributed by atoms with E-state index in [2.05, 4.69) is 44.3 Å². The quantitative estimate of drug-likeness (QED) is 0.775. The van der Waals surface area contributed by atoms with Crippen molar-refractivity contribution in [2.45, 2.75) is 52.5 Å². The molecule has 110 valence electrons. The van der Waals surface area contributed by atoms with E-state index in [1.165, 1.54) is 47.9 Å². The number of hydrogen-bond acceptors (Lipinski definition) is 2. The molecule has 2 rings (SSSR count). The molecule has 0 aliphatic heterocycles. The van der Waals surface area contributed by atoms with Crippen molar-refractivity contribution in [1.29, 1.82) is 0 Å². The van der Waals surface area contributed by atoms with Crippen LogP contribution in [0.1, 0.15) is 54.0 Å². The third-order valence-corrected chi connectivity index (χ3v) is 4.29. The molecule has 0 fully saturated rings. The first-order chi connectivity index (χ1) is 9.61. The number of hydrogen-bond donors (Lipinski definition) is 2. The summed E-state index contributed by atoms with van der Waals surface area (Å²) in [6.07, 6.45) is 7.47. The van der Waals surface area contributed by atoms with Crippen LogP contribution in [-0.4, -0.2) is 13.1 Å². The van der Waals surface area contributed by atoms with E-state index < -0.39 is 0 Å². The Morgan fingerprint density at radius 3 is 2.45 bits per heavy atom. The summed E-state index contributed by atoms with van der Waals surface area (Å²) >= 11 is 0. The largest absolute Gasteiger partial charge is 0.329 e. The van der Waals surface area contributed by atoms with Gasteiger partial charge in [0.1, 0.15) is 0 Å². The van der Waals surface area contributed by atoms with Crippen molar-refractivity contribution in [1.82, 2.24) is 5.32 Å². The van der Waals surface area contributed by atoms with Crippen molar-refractivity contribution in [3.8, 4) is 0 Å². The zero-order valence-electron chi connectivity index (χ0n) is 13.1. The van der Waals surface area contributed by atoms with E-state index >= 15 is 0 Å². The van der Waals surface area contributed by atoms with Gasteiger partial charge in [-0.3, -0.25) is 0 Å². The van der Waals surface area contributed by atoms with Gasteiger partial charge in [-0.05, 0) is 69.7 Å². The molecular weight excluding hydrogens is 244 g/mol. The third-order valence-electron chi connectivity index (χ3n) is 4.29. The van der Waals surface area contributed by atoms with Crippen LogP contribution in [0.3, 0.4) is 0 Å². The van der Waals surface area contributed by atoms with Crippen molar-refractivity contribution in [3.05, 3.63) is 46.0 Å². The van der Waals surface area contributed by atoms with Gasteiger partial charge in [-0.15, -0.1) is 0 Å². The summed E-state index contributed by atoms with van der Waals surface area (Å²) in [7, 11) is 0. The molecule has 1 aromatic carbocycles. The van der Waals surface area contributed by atoms with E-state index in [-0.39, 0.29) is 6.04 Å². The fourth-order valence-electron chi connectivity index (χ4n) is 3.42. The number of nitrogens with two attached hydrogens (primary N) is 1. The second-order valence-corrected chi connectivity index (χ2v) is 6.06. The van der Waals surface area contributed by atoms with Gasteiger partial charge >= 0.3 is 0 Å². The van der Waals surface area contributed by atoms with Crippen LogP contribution in [0.5, 0.6) is 0 Å². The lowest BCUT2D eigenvalue weighted by Crippen LogP contribution is -2.30. The maximum atomic E-state index is 6.00. The third kappa shape index (κ3) is 3.71. The lowest BCUT2D eigenvalue weighted by atomic mass is 9.94. The maximum absolute atomic E-state index is 6.00. The molecular formula is C18H28N2. The van der Waals surface area contributed by atoms with Gasteiger partial charge in [-0.2, -0.15) is 0 Å². The molecule has 0 heterocycles. The van der Waals surface area contributed by atoms with Crippen molar-refractivity contribution in [2.24, 2.45) is 5.73 Å². The highest BCUT2D eigenvalue weighted by atomic mass is 14.9. The molecule has 2 heteroatoms. The Kier molecular flexibility index (Phi) is 5.38. The molecule has 0 saturated heterocycles. The molecule has 0 spiro atoms. The molecule has 1 unspecified atom stereocenters. The number of benzene rings is 1. The molecule has 1 aliphatic rings. The lowest BCUT2D eigenvalue weighted by Gasteiger charge is -2.22. The predicted octanol–water partition coefficient (Wildman–Crippen LogP) is 3.70. The average Bonchev–Trinajstić information content (AvgIpc) is 2.88. The van der Waals surface area contributed by atoms with E-state index in [1.54, 1.807) is 5.57 Å². The fourth-order valence-corrected chi connectivity index (χ4v) is 3.42. The molecule has 1 aliphatic carbocycles. The average molecular weight is 272 g/mol. The van der Waals surface area contributed by atoms with Crippen LogP contribution < -0.4 is 11.1 Å². The van der Waals surface area contributed by atoms with Crippen LogP contribution in [0.15, 0.2) is 23.8 Å². The predicted molar refractivity (Wildman–Crippen MR) is 87.0 cm³/mol. The normalized spacial score (nSPS) is 16.3. The smallest absolute Gasteiger partial charge is 0.0449 e. The topological polar surface area (TPSA) is 38.0 Å². The van der Waals surface area contributed by atoms with Gasteiger partial charge in [0, 0.05) is 12.6 Å². The van der Waals surface area contributed by atoms with Gasteiger partial charge in [0.25, 0.3) is 0 Å². The fraction of sp³-hybridized carbons (Fsp3) is 0.556. The summed E-state index contributed by atoms with van der Waals surface area (Å²) in [6.45, 7) is 8.23. The van der Waals surface area contributed by atoms with Gasteiger partial charge in [-0.1, -0.05) is 29.3 Å². The highest BCUT2D eigenvalue weighted by molar-refractivity contribution is 5.39. The summed E-state index contributed by atoms with van der Waals surface area (Å²) < 4.78 is 0. The minimum atomic E-state index is 0.276. The second-order valence-electron chi connectivity index (χ2n) is 6.06. The maximum Gasteiger partial charge on any atom is 0.0449 e. The van der Waals surface area contributed by atoms with E-state index in [4.69, 9.17) is 5.73 Å². The van der Waals surface area contributed by atoms with E-state index in [0.717, 1.165) is 6.54 Å². The lowest BCUT2D eigenvalue weighted by molar-refractivity contribution is 0.538. The van der Waals surface area contributed by atoms with Gasteiger partial charge in [0.05, 0.1) is 0 Å². The van der Waals surface area contributed by atoms with E-state index in [9.17, 15) is 0 Å². The standard InChI is InChI=1S/C18H28N2/c1-13-10-14(2)18(15(3)11-13)17(12-19)20-9-8-16-6-4-5-7-16/h6,10-11,17,20H,4-5,7-9,12,19H2,1-3H3. The summed E-state index contributed by atoms with van der Waals surface area (Å²) in [4.78, 5) is 0. The number of aryl methyl sites for hydroxylation is 3. The molecule has 20 heavy (non-hydrogen) atoms. The summed E-state index contributed by atoms with van der Waals surface area (Å²) in [5.41, 5.74) is 13.0. The SMILES string of the molecule is Cc1cc(C)c(C(CN)NCCC2=CCCC2)c(C)c1. The Labute approximate surface area is 123 Å². The van der Waals surface area contributed by atoms with Gasteiger partial charge in [-0.25, -0.2) is 0 Å². The van der Waals surface area contributed by atoms with Crippen LogP contribution >= 0.6 is 0 Å². The van der Waals surface area contributed by atoms with Crippen molar-refractivity contribution >= 4 is 0 Å². The molecule has 0 saturated carbocycles. The van der Waals surface area contributed by atoms with Crippen LogP contribution in [-0.2, 0) is 0 Å². The molecule has 0 radical (unpaired) electrons. The van der Waals surface area contributed by atoms with E-state index in [0.29, 0.717) is 6.54 Å². The number of nitrogens with one attached hydrogen (secondary N) is 1. The minimum Gasteiger partial charge on any atom is -0.329 e. The summed E-state index contributed by atoms with van der Waals surface area (Å²) in [5.74, 6) is 0. The molecule has 1 aromatic rings. The van der Waals surface area contributed by atoms with Crippen LogP contribution in [0.2, 0.25) is 0 Å². The molecule has 0 aromatic heterocycles. The van der Waals surface area contributed by atoms with Crippen molar-refractivity contribution < 1.29 is 0 Å². The molecule has 2 nitrogen and oxygen atoms in total. The Bertz CT molecular complexity index is 465. The van der Waals surface area contributed by atoms with Crippen molar-refractivity contribution in [2.75, 3.05) is 13.1 Å². The summed E-state index contributed by atoms with van der Waals surface area (Å²) in [5, 5.41) is 3.65. The molecule has 0 amide bonds. The first kappa shape index (κ1) is 15.3. The number of rotatable bonds is 6. The first-order valence-corrected chi connectivity index (χ1v) is 7.81. The zero-order valence-corrected chi connectivity index (χ0v) is 13.1. The molecule has 3 N–H and O–H groups in total. The van der Waals surface area contributed by atoms with E-state index in [1.807, 2.05) is 0 Å². The zero-order chi connectivity index (χ0) is 14.5. The van der Waals surface area contributed by atoms with Gasteiger partial charge < -0.3 is 11.1 Å². The van der Waals surface area contributed by atoms with Crippen molar-refractivity contribution in [3.63, 3.8) is 0 Å². The highest BCUT2D eigenvalue weighted by Gasteiger charge is 2.15. The monoisotopic (exact) mass is 272 g/mol. The van der Waals surface area contributed by atoms with Crippen LogP contribution in [0.4, 0.5) is 0 Å². The highest BCUT2D eigenvalue weighted by Crippen LogP contribution is 2.24. The molecule has 0 bridgehead atoms. The van der Waals surface area contributed by atoms with Crippen LogP contribution in [0.25, 0.3) is 0 Å². The minimum absolute atomic E-state index is 0.276. The second kappa shape index (κ2) is 7.05.